The van der Waals surface area contributed by atoms with Crippen LogP contribution < -0.4 is 10.5 Å². The van der Waals surface area contributed by atoms with Gasteiger partial charge in [0.05, 0.1) is 12.1 Å². The Labute approximate surface area is 191 Å². The van der Waals surface area contributed by atoms with E-state index in [2.05, 4.69) is 23.4 Å². The van der Waals surface area contributed by atoms with Crippen LogP contribution in [0.5, 0.6) is 5.75 Å². The van der Waals surface area contributed by atoms with E-state index in [0.717, 1.165) is 22.0 Å². The maximum atomic E-state index is 15.2. The minimum Gasteiger partial charge on any atom is -0.489 e. The fraction of sp³-hybridized carbons (Fsp3) is 0.231. The van der Waals surface area contributed by atoms with E-state index in [1.54, 1.807) is 36.5 Å². The van der Waals surface area contributed by atoms with Gasteiger partial charge in [0.25, 0.3) is 0 Å². The molecule has 0 fully saturated rings. The lowest BCUT2D eigenvalue weighted by Crippen LogP contribution is -2.06. The lowest BCUT2D eigenvalue weighted by atomic mass is 9.98. The molecule has 0 spiro atoms. The topological polar surface area (TPSA) is 90.4 Å². The number of ether oxygens (including phenoxy) is 1. The summed E-state index contributed by atoms with van der Waals surface area (Å²) < 4.78 is 23.3. The van der Waals surface area contributed by atoms with Gasteiger partial charge in [0.15, 0.2) is 5.82 Å². The van der Waals surface area contributed by atoms with Crippen molar-refractivity contribution in [1.82, 2.24) is 9.55 Å². The Morgan fingerprint density at radius 1 is 1.18 bits per heavy atom. The van der Waals surface area contributed by atoms with Crippen LogP contribution in [0.1, 0.15) is 36.7 Å². The summed E-state index contributed by atoms with van der Waals surface area (Å²) in [6.07, 6.45) is 3.44. The number of aromatic nitrogens is 2. The molecule has 0 amide bonds. The van der Waals surface area contributed by atoms with Gasteiger partial charge in [0, 0.05) is 47.0 Å². The quantitative estimate of drug-likeness (QED) is 0.393. The van der Waals surface area contributed by atoms with E-state index in [9.17, 15) is 9.90 Å². The average molecular weight is 448 g/mol. The van der Waals surface area contributed by atoms with Crippen molar-refractivity contribution in [3.05, 3.63) is 83.6 Å². The van der Waals surface area contributed by atoms with Gasteiger partial charge in [-0.15, -0.1) is 0 Å². The van der Waals surface area contributed by atoms with E-state index in [1.807, 2.05) is 24.4 Å². The number of rotatable bonds is 8. The smallest absolute Gasteiger partial charge is 0.307 e. The molecule has 6 nitrogen and oxygen atoms in total. The Hall–Kier alpha value is -3.71. The molecule has 2 heterocycles. The van der Waals surface area contributed by atoms with Crippen LogP contribution in [0.4, 0.5) is 4.39 Å². The molecule has 3 N–H and O–H groups in total. The normalized spacial score (nSPS) is 11.3. The fourth-order valence-corrected chi connectivity index (χ4v) is 4.03. The Balaban J connectivity index is 1.79. The molecule has 7 heteroatoms. The molecule has 2 aromatic carbocycles. The monoisotopic (exact) mass is 447 g/mol. The van der Waals surface area contributed by atoms with Crippen molar-refractivity contribution in [2.75, 3.05) is 0 Å². The predicted octanol–water partition coefficient (Wildman–Crippen LogP) is 5.09. The zero-order chi connectivity index (χ0) is 23.5. The van der Waals surface area contributed by atoms with Crippen LogP contribution in [0.15, 0.2) is 60.9 Å². The van der Waals surface area contributed by atoms with Crippen LogP contribution in [-0.2, 0) is 24.4 Å². The molecule has 0 radical (unpaired) electrons. The first-order valence-corrected chi connectivity index (χ1v) is 10.8. The van der Waals surface area contributed by atoms with E-state index in [4.69, 9.17) is 10.5 Å². The molecular formula is C26H26FN3O3. The standard InChI is InChI=1S/C26H26FN3O3/c1-16(2)30-10-8-19-21(20-7-9-29-22(14-28)26(20)27)11-17(12-23(19)30)15-33-24-6-4-3-5-18(24)13-25(31)32/h3-12,16H,13-15,28H2,1-2H3,(H,31,32). The van der Waals surface area contributed by atoms with Crippen LogP contribution in [0.3, 0.4) is 0 Å². The van der Waals surface area contributed by atoms with Gasteiger partial charge < -0.3 is 20.1 Å². The lowest BCUT2D eigenvalue weighted by molar-refractivity contribution is -0.136. The number of halogens is 1. The number of para-hydroxylation sites is 1. The largest absolute Gasteiger partial charge is 0.489 e. The van der Waals surface area contributed by atoms with Gasteiger partial charge in [-0.2, -0.15) is 0 Å². The fourth-order valence-electron chi connectivity index (χ4n) is 4.03. The van der Waals surface area contributed by atoms with Crippen molar-refractivity contribution in [2.24, 2.45) is 5.73 Å². The number of fused-ring (bicyclic) bond motifs is 1. The molecule has 0 bridgehead atoms. The van der Waals surface area contributed by atoms with E-state index in [1.165, 1.54) is 0 Å². The first-order chi connectivity index (χ1) is 15.9. The summed E-state index contributed by atoms with van der Waals surface area (Å²) in [6.45, 7) is 4.40. The van der Waals surface area contributed by atoms with Gasteiger partial charge in [-0.3, -0.25) is 9.78 Å². The minimum absolute atomic E-state index is 0.0129. The van der Waals surface area contributed by atoms with Gasteiger partial charge in [0.2, 0.25) is 0 Å². The first-order valence-electron chi connectivity index (χ1n) is 10.8. The number of carboxylic acids is 1. The Kier molecular flexibility index (Phi) is 6.42. The molecule has 4 aromatic rings. The predicted molar refractivity (Wildman–Crippen MR) is 126 cm³/mol. The minimum atomic E-state index is -0.923. The summed E-state index contributed by atoms with van der Waals surface area (Å²) >= 11 is 0. The molecule has 0 aliphatic heterocycles. The van der Waals surface area contributed by atoms with E-state index in [-0.39, 0.29) is 31.3 Å². The van der Waals surface area contributed by atoms with E-state index < -0.39 is 11.8 Å². The second-order valence-electron chi connectivity index (χ2n) is 8.18. The van der Waals surface area contributed by atoms with Crippen LogP contribution in [0.2, 0.25) is 0 Å². The lowest BCUT2D eigenvalue weighted by Gasteiger charge is -2.15. The Morgan fingerprint density at radius 2 is 1.97 bits per heavy atom. The number of pyridine rings is 1. The first kappa shape index (κ1) is 22.5. The van der Waals surface area contributed by atoms with Crippen molar-refractivity contribution in [1.29, 1.82) is 0 Å². The van der Waals surface area contributed by atoms with Gasteiger partial charge in [-0.1, -0.05) is 18.2 Å². The number of hydrogen-bond donors (Lipinski definition) is 2. The van der Waals surface area contributed by atoms with Crippen molar-refractivity contribution in [3.8, 4) is 16.9 Å². The average Bonchev–Trinajstić information content (AvgIpc) is 3.22. The summed E-state index contributed by atoms with van der Waals surface area (Å²) in [5.41, 5.74) is 9.47. The molecule has 33 heavy (non-hydrogen) atoms. The number of carbonyl (C=O) groups is 1. The van der Waals surface area contributed by atoms with Gasteiger partial charge in [-0.05, 0) is 55.3 Å². The summed E-state index contributed by atoms with van der Waals surface area (Å²) in [7, 11) is 0. The zero-order valence-corrected chi connectivity index (χ0v) is 18.6. The third kappa shape index (κ3) is 4.59. The second-order valence-corrected chi connectivity index (χ2v) is 8.18. The van der Waals surface area contributed by atoms with Crippen molar-refractivity contribution in [3.63, 3.8) is 0 Å². The summed E-state index contributed by atoms with van der Waals surface area (Å²) in [6, 6.07) is 14.9. The van der Waals surface area contributed by atoms with Crippen molar-refractivity contribution in [2.45, 2.75) is 39.5 Å². The number of hydrogen-bond acceptors (Lipinski definition) is 4. The summed E-state index contributed by atoms with van der Waals surface area (Å²) in [5, 5.41) is 10.1. The Bertz CT molecular complexity index is 1310. The molecule has 0 aliphatic rings. The highest BCUT2D eigenvalue weighted by Gasteiger charge is 2.17. The number of benzene rings is 2. The molecule has 0 unspecified atom stereocenters. The van der Waals surface area contributed by atoms with E-state index >= 15 is 4.39 Å². The zero-order valence-electron chi connectivity index (χ0n) is 18.6. The SMILES string of the molecule is CC(C)n1ccc2c(-c3ccnc(CN)c3F)cc(COc3ccccc3CC(=O)O)cc21. The third-order valence-electron chi connectivity index (χ3n) is 5.61. The van der Waals surface area contributed by atoms with Crippen LogP contribution in [-0.4, -0.2) is 20.6 Å². The van der Waals surface area contributed by atoms with Gasteiger partial charge in [-0.25, -0.2) is 4.39 Å². The molecule has 170 valence electrons. The molecule has 0 saturated heterocycles. The molecule has 0 aliphatic carbocycles. The summed E-state index contributed by atoms with van der Waals surface area (Å²) in [4.78, 5) is 15.2. The number of nitrogens with two attached hydrogens (primary N) is 1. The van der Waals surface area contributed by atoms with Crippen LogP contribution >= 0.6 is 0 Å². The highest BCUT2D eigenvalue weighted by Crippen LogP contribution is 2.35. The molecule has 2 aromatic heterocycles. The van der Waals surface area contributed by atoms with Crippen LogP contribution in [0.25, 0.3) is 22.0 Å². The van der Waals surface area contributed by atoms with Crippen molar-refractivity contribution >= 4 is 16.9 Å². The summed E-state index contributed by atoms with van der Waals surface area (Å²) in [5.74, 6) is -0.835. The molecule has 4 rings (SSSR count). The van der Waals surface area contributed by atoms with E-state index in [0.29, 0.717) is 16.9 Å². The van der Waals surface area contributed by atoms with Gasteiger partial charge >= 0.3 is 5.97 Å². The number of carboxylic acid groups (broad SMARTS) is 1. The molecular weight excluding hydrogens is 421 g/mol. The van der Waals surface area contributed by atoms with Crippen LogP contribution in [0, 0.1) is 5.82 Å². The van der Waals surface area contributed by atoms with Gasteiger partial charge in [0.1, 0.15) is 12.4 Å². The maximum absolute atomic E-state index is 15.2. The highest BCUT2D eigenvalue weighted by atomic mass is 19.1. The Morgan fingerprint density at radius 3 is 2.70 bits per heavy atom. The number of aliphatic carboxylic acids is 1. The maximum Gasteiger partial charge on any atom is 0.307 e. The molecule has 0 saturated carbocycles. The third-order valence-corrected chi connectivity index (χ3v) is 5.61. The molecule has 0 atom stereocenters. The van der Waals surface area contributed by atoms with Crippen molar-refractivity contribution < 1.29 is 19.0 Å². The number of nitrogens with zero attached hydrogens (tertiary/aromatic N) is 2. The highest BCUT2D eigenvalue weighted by molar-refractivity contribution is 5.96. The second kappa shape index (κ2) is 9.42.